The second-order valence-corrected chi connectivity index (χ2v) is 8.70. The fourth-order valence-corrected chi connectivity index (χ4v) is 3.93. The number of rotatable bonds is 6. The van der Waals surface area contributed by atoms with Gasteiger partial charge in [-0.3, -0.25) is 4.79 Å². The van der Waals surface area contributed by atoms with Crippen LogP contribution in [0.5, 0.6) is 5.75 Å². The van der Waals surface area contributed by atoms with Crippen LogP contribution in [-0.4, -0.2) is 47.5 Å². The number of ether oxygens (including phenoxy) is 1. The van der Waals surface area contributed by atoms with Crippen LogP contribution in [0.1, 0.15) is 18.7 Å². The molecule has 1 fully saturated rings. The van der Waals surface area contributed by atoms with Crippen LogP contribution in [0.3, 0.4) is 0 Å². The summed E-state index contributed by atoms with van der Waals surface area (Å²) in [5, 5.41) is 2.86. The van der Waals surface area contributed by atoms with Crippen molar-refractivity contribution in [3.8, 4) is 5.75 Å². The molecule has 1 atom stereocenters. The van der Waals surface area contributed by atoms with Crippen molar-refractivity contribution in [2.45, 2.75) is 19.4 Å². The van der Waals surface area contributed by atoms with Gasteiger partial charge in [0.1, 0.15) is 18.2 Å². The lowest BCUT2D eigenvalue weighted by molar-refractivity contribution is -0.120. The Kier molecular flexibility index (Phi) is 5.81. The van der Waals surface area contributed by atoms with E-state index in [1.54, 1.807) is 30.5 Å². The van der Waals surface area contributed by atoms with Crippen molar-refractivity contribution < 1.29 is 17.9 Å². The average Bonchev–Trinajstić information content (AvgIpc) is 3.05. The van der Waals surface area contributed by atoms with E-state index >= 15 is 0 Å². The van der Waals surface area contributed by atoms with Gasteiger partial charge in [0, 0.05) is 38.2 Å². The average molecular weight is 392 g/mol. The number of nitrogens with one attached hydrogen (secondary N) is 1. The zero-order valence-corrected chi connectivity index (χ0v) is 16.3. The standard InChI is InChI=1S/C18H24N4O4S/c1-21-11-9-19-17(21)13-26-16-7-5-15(6-8-16)20-18(23)14-4-3-10-22(12-14)27(2,24)25/h5-9,11,14H,3-4,10,12-13H2,1-2H3,(H,20,23). The summed E-state index contributed by atoms with van der Waals surface area (Å²) in [5.41, 5.74) is 0.654. The Morgan fingerprint density at radius 3 is 2.70 bits per heavy atom. The van der Waals surface area contributed by atoms with Gasteiger partial charge in [0.15, 0.2) is 0 Å². The predicted molar refractivity (Wildman–Crippen MR) is 102 cm³/mol. The molecule has 8 nitrogen and oxygen atoms in total. The number of aromatic nitrogens is 2. The summed E-state index contributed by atoms with van der Waals surface area (Å²) in [7, 11) is -1.37. The van der Waals surface area contributed by atoms with E-state index in [9.17, 15) is 13.2 Å². The van der Waals surface area contributed by atoms with Gasteiger partial charge >= 0.3 is 0 Å². The van der Waals surface area contributed by atoms with E-state index < -0.39 is 10.0 Å². The number of sulfonamides is 1. The predicted octanol–water partition coefficient (Wildman–Crippen LogP) is 1.61. The summed E-state index contributed by atoms with van der Waals surface area (Å²) in [6.45, 7) is 1.07. The third kappa shape index (κ3) is 5.08. The molecule has 0 radical (unpaired) electrons. The number of carbonyl (C=O) groups excluding carboxylic acids is 1. The van der Waals surface area contributed by atoms with Crippen molar-refractivity contribution in [2.24, 2.45) is 13.0 Å². The molecule has 3 rings (SSSR count). The Balaban J connectivity index is 1.54. The van der Waals surface area contributed by atoms with E-state index in [0.29, 0.717) is 37.4 Å². The van der Waals surface area contributed by atoms with Gasteiger partial charge in [0.05, 0.1) is 12.2 Å². The first-order valence-electron chi connectivity index (χ1n) is 8.78. The minimum absolute atomic E-state index is 0.162. The molecule has 2 aromatic rings. The van der Waals surface area contributed by atoms with Gasteiger partial charge in [-0.25, -0.2) is 17.7 Å². The molecule has 0 saturated carbocycles. The second-order valence-electron chi connectivity index (χ2n) is 6.72. The number of piperidine rings is 1. The zero-order chi connectivity index (χ0) is 19.4. The van der Waals surface area contributed by atoms with Gasteiger partial charge < -0.3 is 14.6 Å². The number of benzene rings is 1. The lowest BCUT2D eigenvalue weighted by Gasteiger charge is -2.30. The number of hydrogen-bond acceptors (Lipinski definition) is 5. The van der Waals surface area contributed by atoms with E-state index in [0.717, 1.165) is 5.82 Å². The lowest BCUT2D eigenvalue weighted by atomic mass is 9.99. The largest absolute Gasteiger partial charge is 0.486 e. The van der Waals surface area contributed by atoms with Crippen molar-refractivity contribution in [1.29, 1.82) is 0 Å². The summed E-state index contributed by atoms with van der Waals surface area (Å²) in [5.74, 6) is 0.995. The minimum Gasteiger partial charge on any atom is -0.486 e. The maximum absolute atomic E-state index is 12.5. The van der Waals surface area contributed by atoms with Crippen molar-refractivity contribution >= 4 is 21.6 Å². The molecule has 0 bridgehead atoms. The number of aryl methyl sites for hydroxylation is 1. The highest BCUT2D eigenvalue weighted by Gasteiger charge is 2.30. The lowest BCUT2D eigenvalue weighted by Crippen LogP contribution is -2.43. The van der Waals surface area contributed by atoms with E-state index in [1.807, 2.05) is 17.8 Å². The monoisotopic (exact) mass is 392 g/mol. The molecule has 1 aliphatic heterocycles. The number of hydrogen-bond donors (Lipinski definition) is 1. The quantitative estimate of drug-likeness (QED) is 0.806. The summed E-state index contributed by atoms with van der Waals surface area (Å²) < 4.78 is 32.3. The van der Waals surface area contributed by atoms with Crippen LogP contribution in [-0.2, 0) is 28.5 Å². The maximum Gasteiger partial charge on any atom is 0.228 e. The Hall–Kier alpha value is -2.39. The van der Waals surface area contributed by atoms with Crippen LogP contribution >= 0.6 is 0 Å². The SMILES string of the molecule is Cn1ccnc1COc1ccc(NC(=O)C2CCCN(S(C)(=O)=O)C2)cc1. The van der Waals surface area contributed by atoms with Crippen molar-refractivity contribution in [3.63, 3.8) is 0 Å². The molecule has 2 heterocycles. The van der Waals surface area contributed by atoms with Crippen molar-refractivity contribution in [3.05, 3.63) is 42.5 Å². The molecule has 1 aliphatic rings. The van der Waals surface area contributed by atoms with Crippen molar-refractivity contribution in [1.82, 2.24) is 13.9 Å². The first-order chi connectivity index (χ1) is 12.8. The second kappa shape index (κ2) is 8.10. The van der Waals surface area contributed by atoms with Gasteiger partial charge in [-0.1, -0.05) is 0 Å². The third-order valence-electron chi connectivity index (χ3n) is 4.63. The molecular formula is C18H24N4O4S. The van der Waals surface area contributed by atoms with Crippen molar-refractivity contribution in [2.75, 3.05) is 24.7 Å². The third-order valence-corrected chi connectivity index (χ3v) is 5.90. The number of amides is 1. The van der Waals surface area contributed by atoms with Gasteiger partial charge in [-0.05, 0) is 37.1 Å². The van der Waals surface area contributed by atoms with E-state index in [4.69, 9.17) is 4.74 Å². The van der Waals surface area contributed by atoms with Gasteiger partial charge in [0.25, 0.3) is 0 Å². The Labute approximate surface area is 159 Å². The molecule has 1 amide bonds. The van der Waals surface area contributed by atoms with Crippen LogP contribution in [0.2, 0.25) is 0 Å². The molecule has 0 aliphatic carbocycles. The zero-order valence-electron chi connectivity index (χ0n) is 15.5. The van der Waals surface area contributed by atoms with E-state index in [1.165, 1.54) is 10.6 Å². The highest BCUT2D eigenvalue weighted by molar-refractivity contribution is 7.88. The van der Waals surface area contributed by atoms with E-state index in [2.05, 4.69) is 10.3 Å². The highest BCUT2D eigenvalue weighted by Crippen LogP contribution is 2.22. The molecule has 1 aromatic heterocycles. The summed E-state index contributed by atoms with van der Waals surface area (Å²) >= 11 is 0. The number of nitrogens with zero attached hydrogens (tertiary/aromatic N) is 3. The number of carbonyl (C=O) groups is 1. The van der Waals surface area contributed by atoms with Crippen LogP contribution < -0.4 is 10.1 Å². The first kappa shape index (κ1) is 19.4. The Morgan fingerprint density at radius 2 is 2.07 bits per heavy atom. The van der Waals surface area contributed by atoms with Crippen LogP contribution in [0.25, 0.3) is 0 Å². The molecule has 9 heteroatoms. The normalized spacial score (nSPS) is 18.2. The Bertz CT molecular complexity index is 892. The molecule has 146 valence electrons. The van der Waals surface area contributed by atoms with Gasteiger partial charge in [0.2, 0.25) is 15.9 Å². The number of anilines is 1. The molecule has 1 N–H and O–H groups in total. The van der Waals surface area contributed by atoms with Crippen LogP contribution in [0.4, 0.5) is 5.69 Å². The smallest absolute Gasteiger partial charge is 0.228 e. The number of imidazole rings is 1. The minimum atomic E-state index is -3.27. The molecule has 27 heavy (non-hydrogen) atoms. The van der Waals surface area contributed by atoms with E-state index in [-0.39, 0.29) is 18.4 Å². The molecule has 1 saturated heterocycles. The summed E-state index contributed by atoms with van der Waals surface area (Å²) in [6.07, 6.45) is 6.12. The first-order valence-corrected chi connectivity index (χ1v) is 10.6. The molecular weight excluding hydrogens is 368 g/mol. The molecule has 1 unspecified atom stereocenters. The van der Waals surface area contributed by atoms with Crippen LogP contribution in [0.15, 0.2) is 36.7 Å². The molecule has 1 aromatic carbocycles. The summed E-state index contributed by atoms with van der Waals surface area (Å²) in [4.78, 5) is 16.7. The fraction of sp³-hybridized carbons (Fsp3) is 0.444. The maximum atomic E-state index is 12.5. The summed E-state index contributed by atoms with van der Waals surface area (Å²) in [6, 6.07) is 7.09. The van der Waals surface area contributed by atoms with Crippen LogP contribution in [0, 0.1) is 5.92 Å². The highest BCUT2D eigenvalue weighted by atomic mass is 32.2. The Morgan fingerprint density at radius 1 is 1.33 bits per heavy atom. The fourth-order valence-electron chi connectivity index (χ4n) is 3.02. The van der Waals surface area contributed by atoms with Gasteiger partial charge in [-0.2, -0.15) is 0 Å². The van der Waals surface area contributed by atoms with Gasteiger partial charge in [-0.15, -0.1) is 0 Å². The molecule has 0 spiro atoms. The topological polar surface area (TPSA) is 93.5 Å².